The number of ether oxygens (including phenoxy) is 1. The Labute approximate surface area is 159 Å². The summed E-state index contributed by atoms with van der Waals surface area (Å²) >= 11 is 0. The molecular weight excluding hydrogens is 336 g/mol. The van der Waals surface area contributed by atoms with Crippen LogP contribution in [0, 0.1) is 11.3 Å². The molecule has 0 saturated heterocycles. The van der Waals surface area contributed by atoms with E-state index in [2.05, 4.69) is 11.4 Å². The third-order valence-electron chi connectivity index (χ3n) is 4.64. The highest BCUT2D eigenvalue weighted by molar-refractivity contribution is 5.99. The van der Waals surface area contributed by atoms with Crippen LogP contribution < -0.4 is 5.32 Å². The van der Waals surface area contributed by atoms with Gasteiger partial charge in [0.05, 0.1) is 24.2 Å². The molecule has 3 rings (SSSR count). The Bertz CT molecular complexity index is 999. The lowest BCUT2D eigenvalue weighted by Crippen LogP contribution is -2.20. The predicted octanol–water partition coefficient (Wildman–Crippen LogP) is 4.99. The topological polar surface area (TPSA) is 62.1 Å². The molecule has 0 fully saturated rings. The van der Waals surface area contributed by atoms with Crippen LogP contribution in [0.2, 0.25) is 0 Å². The Morgan fingerprint density at radius 2 is 1.93 bits per heavy atom. The molecule has 1 atom stereocenters. The number of nitrogens with zero attached hydrogens (tertiary/aromatic N) is 1. The lowest BCUT2D eigenvalue weighted by atomic mass is 9.94. The molecule has 0 spiro atoms. The van der Waals surface area contributed by atoms with Crippen molar-refractivity contribution < 1.29 is 9.53 Å². The van der Waals surface area contributed by atoms with E-state index in [-0.39, 0.29) is 11.8 Å². The van der Waals surface area contributed by atoms with Crippen LogP contribution in [0.25, 0.3) is 10.8 Å². The summed E-state index contributed by atoms with van der Waals surface area (Å²) in [5, 5.41) is 14.3. The molecule has 4 heteroatoms. The minimum absolute atomic E-state index is 0.112. The highest BCUT2D eigenvalue weighted by Crippen LogP contribution is 2.27. The molecule has 0 saturated carbocycles. The van der Waals surface area contributed by atoms with Crippen molar-refractivity contribution in [1.29, 1.82) is 5.26 Å². The number of amides is 1. The molecule has 3 aromatic carbocycles. The number of nitriles is 1. The van der Waals surface area contributed by atoms with Gasteiger partial charge in [0.2, 0.25) is 5.91 Å². The fraction of sp³-hybridized carbons (Fsp3) is 0.217. The second-order valence-corrected chi connectivity index (χ2v) is 6.40. The van der Waals surface area contributed by atoms with Crippen molar-refractivity contribution in [2.45, 2.75) is 26.4 Å². The molecule has 1 amide bonds. The minimum atomic E-state index is -0.332. The average Bonchev–Trinajstić information content (AvgIpc) is 2.71. The average molecular weight is 358 g/mol. The van der Waals surface area contributed by atoms with E-state index in [0.29, 0.717) is 24.5 Å². The first kappa shape index (κ1) is 18.6. The summed E-state index contributed by atoms with van der Waals surface area (Å²) in [6, 6.07) is 21.4. The van der Waals surface area contributed by atoms with Crippen LogP contribution in [0.3, 0.4) is 0 Å². The zero-order valence-corrected chi connectivity index (χ0v) is 15.5. The van der Waals surface area contributed by atoms with Crippen LogP contribution in [-0.4, -0.2) is 12.5 Å². The Balaban J connectivity index is 1.89. The molecule has 0 aliphatic rings. The highest BCUT2D eigenvalue weighted by Gasteiger charge is 2.19. The first-order valence-electron chi connectivity index (χ1n) is 9.03. The van der Waals surface area contributed by atoms with Crippen LogP contribution in [0.15, 0.2) is 60.7 Å². The lowest BCUT2D eigenvalue weighted by Gasteiger charge is -2.17. The van der Waals surface area contributed by atoms with Crippen LogP contribution >= 0.6 is 0 Å². The maximum atomic E-state index is 12.9. The van der Waals surface area contributed by atoms with Gasteiger partial charge in [0.15, 0.2) is 0 Å². The highest BCUT2D eigenvalue weighted by atomic mass is 16.5. The van der Waals surface area contributed by atoms with Crippen LogP contribution in [0.1, 0.15) is 36.5 Å². The van der Waals surface area contributed by atoms with Gasteiger partial charge in [-0.1, -0.05) is 48.5 Å². The van der Waals surface area contributed by atoms with E-state index < -0.39 is 0 Å². The van der Waals surface area contributed by atoms with Gasteiger partial charge in [-0.15, -0.1) is 0 Å². The van der Waals surface area contributed by atoms with Crippen LogP contribution in [0.5, 0.6) is 0 Å². The van der Waals surface area contributed by atoms with Crippen molar-refractivity contribution in [3.05, 3.63) is 77.4 Å². The fourth-order valence-corrected chi connectivity index (χ4v) is 3.11. The van der Waals surface area contributed by atoms with Crippen molar-refractivity contribution in [3.63, 3.8) is 0 Å². The van der Waals surface area contributed by atoms with Crippen molar-refractivity contribution in [2.75, 3.05) is 11.9 Å². The number of carbonyl (C=O) groups excluding carboxylic acids is 1. The molecule has 0 bridgehead atoms. The second-order valence-electron chi connectivity index (χ2n) is 6.40. The van der Waals surface area contributed by atoms with E-state index in [0.717, 1.165) is 21.9 Å². The van der Waals surface area contributed by atoms with Gasteiger partial charge in [-0.3, -0.25) is 4.79 Å². The summed E-state index contributed by atoms with van der Waals surface area (Å²) in [5.41, 5.74) is 2.96. The molecule has 0 aliphatic carbocycles. The van der Waals surface area contributed by atoms with E-state index in [1.165, 1.54) is 0 Å². The first-order chi connectivity index (χ1) is 13.1. The molecule has 0 heterocycles. The van der Waals surface area contributed by atoms with Crippen molar-refractivity contribution in [3.8, 4) is 6.07 Å². The molecule has 3 aromatic rings. The number of benzene rings is 3. The van der Waals surface area contributed by atoms with Crippen LogP contribution in [0.4, 0.5) is 5.69 Å². The fourth-order valence-electron chi connectivity index (χ4n) is 3.11. The largest absolute Gasteiger partial charge is 0.377 e. The second kappa shape index (κ2) is 8.48. The zero-order valence-electron chi connectivity index (χ0n) is 15.5. The summed E-state index contributed by atoms with van der Waals surface area (Å²) in [4.78, 5) is 12.9. The molecule has 4 nitrogen and oxygen atoms in total. The molecule has 0 radical (unpaired) electrons. The molecule has 1 unspecified atom stereocenters. The van der Waals surface area contributed by atoms with E-state index in [1.807, 2.05) is 62.4 Å². The maximum absolute atomic E-state index is 12.9. The first-order valence-corrected chi connectivity index (χ1v) is 9.03. The zero-order chi connectivity index (χ0) is 19.2. The standard InChI is InChI=1S/C23H22N2O2/c1-3-27-15-19-12-11-17(14-24)13-22(19)25-23(26)16(2)20-10-6-8-18-7-4-5-9-21(18)20/h4-13,16H,3,15H2,1-2H3,(H,25,26). The van der Waals surface area contributed by atoms with Gasteiger partial charge in [0.25, 0.3) is 0 Å². The van der Waals surface area contributed by atoms with Gasteiger partial charge in [-0.25, -0.2) is 0 Å². The number of carbonyl (C=O) groups is 1. The number of anilines is 1. The molecular formula is C23H22N2O2. The molecule has 1 N–H and O–H groups in total. The molecule has 0 aliphatic heterocycles. The number of rotatable bonds is 6. The monoisotopic (exact) mass is 358 g/mol. The quantitative estimate of drug-likeness (QED) is 0.675. The Kier molecular flexibility index (Phi) is 5.85. The maximum Gasteiger partial charge on any atom is 0.231 e. The van der Waals surface area contributed by atoms with E-state index in [9.17, 15) is 10.1 Å². The minimum Gasteiger partial charge on any atom is -0.377 e. The summed E-state index contributed by atoms with van der Waals surface area (Å²) in [6.07, 6.45) is 0. The summed E-state index contributed by atoms with van der Waals surface area (Å²) < 4.78 is 5.48. The third-order valence-corrected chi connectivity index (χ3v) is 4.64. The Morgan fingerprint density at radius 3 is 2.70 bits per heavy atom. The Morgan fingerprint density at radius 1 is 1.15 bits per heavy atom. The van der Waals surface area contributed by atoms with Gasteiger partial charge < -0.3 is 10.1 Å². The summed E-state index contributed by atoms with van der Waals surface area (Å²) in [7, 11) is 0. The van der Waals surface area contributed by atoms with Gasteiger partial charge in [0.1, 0.15) is 0 Å². The van der Waals surface area contributed by atoms with E-state index >= 15 is 0 Å². The molecule has 27 heavy (non-hydrogen) atoms. The van der Waals surface area contributed by atoms with E-state index in [1.54, 1.807) is 12.1 Å². The smallest absolute Gasteiger partial charge is 0.231 e. The van der Waals surface area contributed by atoms with E-state index in [4.69, 9.17) is 4.74 Å². The summed E-state index contributed by atoms with van der Waals surface area (Å²) in [6.45, 7) is 4.79. The molecule has 0 aromatic heterocycles. The van der Waals surface area contributed by atoms with Gasteiger partial charge in [-0.2, -0.15) is 5.26 Å². The van der Waals surface area contributed by atoms with Crippen LogP contribution in [-0.2, 0) is 16.1 Å². The molecule has 136 valence electrons. The number of fused-ring (bicyclic) bond motifs is 1. The van der Waals surface area contributed by atoms with Gasteiger partial charge in [0, 0.05) is 17.9 Å². The predicted molar refractivity (Wildman–Crippen MR) is 107 cm³/mol. The normalized spacial score (nSPS) is 11.7. The van der Waals surface area contributed by atoms with Gasteiger partial charge >= 0.3 is 0 Å². The van der Waals surface area contributed by atoms with Gasteiger partial charge in [-0.05, 0) is 42.3 Å². The third kappa shape index (κ3) is 4.16. The van der Waals surface area contributed by atoms with Crippen molar-refractivity contribution in [2.24, 2.45) is 0 Å². The Hall–Kier alpha value is -3.16. The number of hydrogen-bond acceptors (Lipinski definition) is 3. The number of hydrogen-bond donors (Lipinski definition) is 1. The van der Waals surface area contributed by atoms with Crippen molar-refractivity contribution in [1.82, 2.24) is 0 Å². The van der Waals surface area contributed by atoms with Crippen molar-refractivity contribution >= 4 is 22.4 Å². The lowest BCUT2D eigenvalue weighted by molar-refractivity contribution is -0.117. The SMILES string of the molecule is CCOCc1ccc(C#N)cc1NC(=O)C(C)c1cccc2ccccc12. The summed E-state index contributed by atoms with van der Waals surface area (Å²) in [5.74, 6) is -0.444. The number of nitrogens with one attached hydrogen (secondary N) is 1.